The van der Waals surface area contributed by atoms with E-state index >= 15 is 0 Å². The molecule has 0 saturated heterocycles. The summed E-state index contributed by atoms with van der Waals surface area (Å²) in [5, 5.41) is 5.06. The zero-order chi connectivity index (χ0) is 28.6. The molecular formula is C35H42Cl2N2SiTi-2. The molecule has 6 rings (SSSR count). The van der Waals surface area contributed by atoms with Crippen molar-refractivity contribution in [1.82, 2.24) is 0 Å². The number of allylic oxidation sites excluding steroid dienone is 4. The van der Waals surface area contributed by atoms with E-state index < -0.39 is 25.3 Å². The van der Waals surface area contributed by atoms with Crippen molar-refractivity contribution in [3.8, 4) is 0 Å². The van der Waals surface area contributed by atoms with Crippen molar-refractivity contribution in [1.29, 1.82) is 0 Å². The predicted molar refractivity (Wildman–Crippen MR) is 180 cm³/mol. The molecule has 3 aromatic carbocycles. The number of hydrogen-bond acceptors (Lipinski definition) is 1. The van der Waals surface area contributed by atoms with Gasteiger partial charge in [-0.3, -0.25) is 0 Å². The summed E-state index contributed by atoms with van der Waals surface area (Å²) in [5.74, 6) is 2.48. The van der Waals surface area contributed by atoms with E-state index in [1.54, 1.807) is 5.57 Å². The number of halogens is 2. The standard InChI is InChI=1S/C34H39N2Si.CH3.2ClH.Ti/c1-22(2)28-21-29-26(25-19-23(3)18-24(4)20-25)12-11-13-27(29)34(28)37(5,6)36-32-16-9-7-14-30(32)35-31-15-8-10-17-33(31)36;;;;/h7-20,22,27-29,34H,21H2,1-6H3;1H3;2*1H;/q2*-1;;;+2/p-2/t27-,28-,29+,34?;;;;/m0..../s1. The number of para-hydroxylation sites is 4. The number of rotatable bonds is 4. The van der Waals surface area contributed by atoms with Gasteiger partial charge in [0.1, 0.15) is 0 Å². The Labute approximate surface area is 266 Å². The summed E-state index contributed by atoms with van der Waals surface area (Å²) in [6, 6.07) is 24.6. The van der Waals surface area contributed by atoms with Crippen molar-refractivity contribution in [2.45, 2.75) is 52.8 Å². The van der Waals surface area contributed by atoms with E-state index in [9.17, 15) is 0 Å². The van der Waals surface area contributed by atoms with Gasteiger partial charge >= 0.3 is 35.6 Å². The second-order valence-corrected chi connectivity index (χ2v) is 19.4. The van der Waals surface area contributed by atoms with Crippen LogP contribution in [0.5, 0.6) is 0 Å². The van der Waals surface area contributed by atoms with Crippen LogP contribution in [0.4, 0.5) is 22.7 Å². The normalized spacial score (nSPS) is 22.3. The Hall–Kier alpha value is -1.75. The van der Waals surface area contributed by atoms with Gasteiger partial charge in [-0.1, -0.05) is 111 Å². The maximum atomic E-state index is 5.06. The van der Waals surface area contributed by atoms with Crippen LogP contribution in [-0.2, 0) is 17.0 Å². The summed E-state index contributed by atoms with van der Waals surface area (Å²) in [6.07, 6.45) is 8.61. The third-order valence-corrected chi connectivity index (χ3v) is 13.2. The fourth-order valence-electron chi connectivity index (χ4n) is 7.79. The molecule has 1 aliphatic heterocycles. The molecule has 2 nitrogen and oxygen atoms in total. The summed E-state index contributed by atoms with van der Waals surface area (Å²) >= 11 is -0.556. The molecule has 0 spiro atoms. The first-order valence-electron chi connectivity index (χ1n) is 14.3. The van der Waals surface area contributed by atoms with Crippen LogP contribution in [-0.4, -0.2) is 8.24 Å². The Morgan fingerprint density at radius 1 is 0.902 bits per heavy atom. The Morgan fingerprint density at radius 3 is 1.98 bits per heavy atom. The summed E-state index contributed by atoms with van der Waals surface area (Å²) in [5.41, 5.74) is 11.1. The first kappa shape index (κ1) is 32.2. The number of nitrogens with zero attached hydrogens (tertiary/aromatic N) is 2. The molecule has 6 heteroatoms. The number of anilines is 2. The molecule has 1 saturated carbocycles. The Bertz CT molecular complexity index is 1370. The molecule has 216 valence electrons. The zero-order valence-corrected chi connectivity index (χ0v) is 29.4. The van der Waals surface area contributed by atoms with Crippen molar-refractivity contribution >= 4 is 55.2 Å². The van der Waals surface area contributed by atoms with Crippen molar-refractivity contribution in [2.75, 3.05) is 4.57 Å². The molecule has 0 bridgehead atoms. The van der Waals surface area contributed by atoms with Gasteiger partial charge in [-0.25, -0.2) is 0 Å². The number of fused-ring (bicyclic) bond motifs is 3. The minimum atomic E-state index is -2.06. The van der Waals surface area contributed by atoms with Crippen LogP contribution in [0.25, 0.3) is 10.9 Å². The molecule has 1 heterocycles. The minimum absolute atomic E-state index is 0. The van der Waals surface area contributed by atoms with Crippen LogP contribution in [0.3, 0.4) is 0 Å². The third-order valence-electron chi connectivity index (χ3n) is 9.16. The average Bonchev–Trinajstić information content (AvgIpc) is 3.33. The molecule has 41 heavy (non-hydrogen) atoms. The quantitative estimate of drug-likeness (QED) is 0.206. The van der Waals surface area contributed by atoms with E-state index in [4.69, 9.17) is 23.9 Å². The second kappa shape index (κ2) is 13.3. The topological polar surface area (TPSA) is 17.3 Å². The van der Waals surface area contributed by atoms with Crippen LogP contribution < -0.4 is 4.57 Å². The summed E-state index contributed by atoms with van der Waals surface area (Å²) in [7, 11) is 7.71. The van der Waals surface area contributed by atoms with Crippen molar-refractivity contribution in [3.63, 3.8) is 0 Å². The molecule has 4 atom stereocenters. The van der Waals surface area contributed by atoms with E-state index in [1.807, 2.05) is 0 Å². The molecule has 0 aromatic heterocycles. The molecule has 0 N–H and O–H groups in total. The summed E-state index contributed by atoms with van der Waals surface area (Å²) in [4.78, 5) is 0. The van der Waals surface area contributed by atoms with Crippen LogP contribution in [0, 0.1) is 44.9 Å². The first-order chi connectivity index (χ1) is 19.2. The second-order valence-electron chi connectivity index (χ2n) is 12.4. The Kier molecular flexibility index (Phi) is 10.4. The molecule has 1 unspecified atom stereocenters. The number of aryl methyl sites for hydroxylation is 2. The van der Waals surface area contributed by atoms with Crippen LogP contribution in [0.1, 0.15) is 37.0 Å². The molecule has 3 aromatic rings. The van der Waals surface area contributed by atoms with Gasteiger partial charge in [0.15, 0.2) is 8.24 Å². The van der Waals surface area contributed by atoms with Crippen LogP contribution in [0.15, 0.2) is 85.0 Å². The van der Waals surface area contributed by atoms with Gasteiger partial charge in [-0.15, -0.1) is 11.4 Å². The van der Waals surface area contributed by atoms with Gasteiger partial charge in [0, 0.05) is 11.4 Å². The Balaban J connectivity index is 0.000000929. The fraction of sp³-hybridized carbons (Fsp3) is 0.343. The van der Waals surface area contributed by atoms with Gasteiger partial charge in [-0.05, 0) is 72.8 Å². The predicted octanol–water partition coefficient (Wildman–Crippen LogP) is 12.1. The molecule has 0 amide bonds. The SMILES string of the molecule is Cc1cc(C)cc(C2=CC=C[C@@H]3C([Si](C)(C)N4c5ccccc5[N-]c5ccccc54)[C@H](C(C)C)C[C@H]23)c1.[CH3-].[Cl][Ti][Cl]. The number of benzene rings is 3. The average molecular weight is 638 g/mol. The van der Waals surface area contributed by atoms with E-state index in [0.717, 1.165) is 11.4 Å². The van der Waals surface area contributed by atoms with E-state index in [-0.39, 0.29) is 7.43 Å². The van der Waals surface area contributed by atoms with Crippen LogP contribution in [0.2, 0.25) is 18.6 Å². The van der Waals surface area contributed by atoms with Gasteiger partial charge in [-0.2, -0.15) is 0 Å². The number of hydrogen-bond donors (Lipinski definition) is 0. The van der Waals surface area contributed by atoms with E-state index in [2.05, 4.69) is 130 Å². The monoisotopic (exact) mass is 636 g/mol. The Morgan fingerprint density at radius 2 is 1.44 bits per heavy atom. The van der Waals surface area contributed by atoms with Gasteiger partial charge in [0.05, 0.1) is 0 Å². The third kappa shape index (κ3) is 6.17. The van der Waals surface area contributed by atoms with Gasteiger partial charge < -0.3 is 17.3 Å². The zero-order valence-electron chi connectivity index (χ0n) is 25.3. The molecule has 0 radical (unpaired) electrons. The van der Waals surface area contributed by atoms with Crippen molar-refractivity contribution < 1.29 is 17.0 Å². The maximum absolute atomic E-state index is 5.06. The van der Waals surface area contributed by atoms with Gasteiger partial charge in [0.25, 0.3) is 0 Å². The fourth-order valence-corrected chi connectivity index (χ4v) is 12.6. The molecule has 1 fully saturated rings. The van der Waals surface area contributed by atoms with Crippen LogP contribution >= 0.6 is 18.6 Å². The van der Waals surface area contributed by atoms with E-state index in [0.29, 0.717) is 29.2 Å². The van der Waals surface area contributed by atoms with Crippen molar-refractivity contribution in [2.24, 2.45) is 23.7 Å². The van der Waals surface area contributed by atoms with Crippen molar-refractivity contribution in [3.05, 3.63) is 114 Å². The van der Waals surface area contributed by atoms with E-state index in [1.165, 1.54) is 34.5 Å². The first-order valence-corrected chi connectivity index (χ1v) is 21.6. The molecule has 2 aliphatic carbocycles. The van der Waals surface area contributed by atoms with Gasteiger partial charge in [0.2, 0.25) is 0 Å². The molecule has 3 aliphatic rings. The summed E-state index contributed by atoms with van der Waals surface area (Å²) in [6.45, 7) is 14.6. The molecular weight excluding hydrogens is 595 g/mol. The summed E-state index contributed by atoms with van der Waals surface area (Å²) < 4.78 is 2.76.